The van der Waals surface area contributed by atoms with Crippen molar-refractivity contribution in [1.82, 2.24) is 95.0 Å². The lowest BCUT2D eigenvalue weighted by Crippen LogP contribution is -2.62. The molecule has 0 fully saturated rings. The number of nitrogens with two attached hydrogens (primary N) is 5. The lowest BCUT2D eigenvalue weighted by molar-refractivity contribution is -0.143. The second kappa shape index (κ2) is 54.5. The van der Waals surface area contributed by atoms with Crippen LogP contribution in [0.5, 0.6) is 0 Å². The van der Waals surface area contributed by atoms with Gasteiger partial charge in [-0.05, 0) is 74.7 Å². The Balaban J connectivity index is 2.54. The Morgan fingerprint density at radius 3 is 1.24 bits per heavy atom. The number of primary amides is 2. The summed E-state index contributed by atoms with van der Waals surface area (Å²) in [5, 5.41) is 103. The van der Waals surface area contributed by atoms with Crippen molar-refractivity contribution in [2.24, 2.45) is 52.3 Å². The summed E-state index contributed by atoms with van der Waals surface area (Å²) in [4.78, 5) is 253. The molecule has 0 aliphatic rings. The summed E-state index contributed by atoms with van der Waals surface area (Å²) in [6.45, 7) is 11.0. The van der Waals surface area contributed by atoms with Crippen LogP contribution in [0.4, 0.5) is 0 Å². The highest BCUT2D eigenvalue weighted by Crippen LogP contribution is 2.17. The maximum atomic E-state index is 14.8. The van der Waals surface area contributed by atoms with Crippen molar-refractivity contribution in [2.75, 3.05) is 32.9 Å². The molecule has 17 atom stereocenters. The first kappa shape index (κ1) is 106. The minimum Gasteiger partial charge on any atom is -0.481 e. The van der Waals surface area contributed by atoms with Crippen LogP contribution in [0.15, 0.2) is 42.9 Å². The summed E-state index contributed by atoms with van der Waals surface area (Å²) in [6.07, 6.45) is -1.65. The average Bonchev–Trinajstić information content (AvgIpc) is 1.25. The number of carboxylic acids is 2. The smallest absolute Gasteiger partial charge is 0.328 e. The third kappa shape index (κ3) is 39.1. The molecule has 1 aromatic heterocycles. The van der Waals surface area contributed by atoms with Crippen LogP contribution >= 0.6 is 0 Å². The Morgan fingerprint density at radius 2 is 0.797 bits per heavy atom. The van der Waals surface area contributed by atoms with Crippen LogP contribution in [-0.2, 0) is 99.1 Å². The molecule has 0 saturated carbocycles. The van der Waals surface area contributed by atoms with Gasteiger partial charge in [0.2, 0.25) is 94.5 Å². The second-order valence-corrected chi connectivity index (χ2v) is 30.1. The number of aliphatic hydroxyl groups is 3. The summed E-state index contributed by atoms with van der Waals surface area (Å²) in [5.74, 6) is -24.3. The molecule has 0 saturated heterocycles. The van der Waals surface area contributed by atoms with E-state index >= 15 is 0 Å². The lowest BCUT2D eigenvalue weighted by atomic mass is 9.94. The molecule has 2 aromatic rings. The molecule has 0 bridgehead atoms. The highest BCUT2D eigenvalue weighted by Gasteiger charge is 2.41. The standard InChI is InChI=1S/C75H123N25O23/c1-10-37(7)57(71(120)90-44(20-16-24-85-75(81)82)62(111)91-46(25-35(3)4)65(114)92-48(27-41-30-83-34-86-41)67(116)97-52(33-103)73(122)123)100-72(121)58(38(8)11-2)99-63(112)45(21-22-55(106)107)89-61(110)43(19-15-23-84-74(79)80)88-59(108)39(9)87-64(113)49(28-53(77)104)93-68(117)50(29-54(78)105)94-69(118)51(32-102)96-66(115)47(26-40-17-13-12-14-18-40)95-70(119)56(36(5)6)98-60(109)42(76)31-101/h12-14,17-18,30,34-39,42-52,56-58,101-103H,10-11,15-16,19-29,31-33,76H2,1-9H3,(H2,77,104)(H2,78,105)(H,83,86)(H,87,113)(H,88,108)(H,89,110)(H,90,120)(H,91,111)(H,92,114)(H,93,117)(H,94,118)(H,95,119)(H,96,115)(H,97,116)(H,98,109)(H,99,112)(H,100,121)(H,106,107)(H,122,123)(H4,79,80,84)(H4,81,82,85)/t37-,38-,39-,42-,43-,44-,45-,46-,47-,48-,49-,50-,51-,52-,56-,57-,58-/m0/s1. The predicted molar refractivity (Wildman–Crippen MR) is 438 cm³/mol. The topological polar surface area (TPSA) is 807 Å². The van der Waals surface area contributed by atoms with Gasteiger partial charge in [0.25, 0.3) is 0 Å². The minimum absolute atomic E-state index is 0.000509. The molecule has 16 amide bonds. The molecule has 2 rings (SSSR count). The molecule has 0 radical (unpaired) electrons. The third-order valence-electron chi connectivity index (χ3n) is 19.2. The van der Waals surface area contributed by atoms with Crippen molar-refractivity contribution in [1.29, 1.82) is 10.8 Å². The first-order valence-corrected chi connectivity index (χ1v) is 39.8. The molecule has 686 valence electrons. The van der Waals surface area contributed by atoms with E-state index in [4.69, 9.17) is 39.5 Å². The summed E-state index contributed by atoms with van der Waals surface area (Å²) in [5.41, 5.74) is 28.3. The van der Waals surface area contributed by atoms with E-state index in [-0.39, 0.29) is 82.5 Å². The van der Waals surface area contributed by atoms with Crippen molar-refractivity contribution >= 4 is 118 Å². The molecule has 0 aliphatic heterocycles. The van der Waals surface area contributed by atoms with Crippen molar-refractivity contribution in [3.8, 4) is 0 Å². The molecular formula is C75H123N25O23. The predicted octanol–water partition coefficient (Wildman–Crippen LogP) is -9.67. The van der Waals surface area contributed by atoms with Crippen LogP contribution in [0.25, 0.3) is 0 Å². The molecule has 123 heavy (non-hydrogen) atoms. The molecule has 1 heterocycles. The monoisotopic (exact) mass is 1740 g/mol. The van der Waals surface area contributed by atoms with Crippen LogP contribution in [-0.4, -0.2) is 277 Å². The SMILES string of the molecule is CC[C@H](C)[C@H](NC(=O)[C@H](CCC(=O)O)NC(=O)[C@H](CCCNC(=N)N)NC(=O)[C@H](C)NC(=O)[C@H](CC(N)=O)NC(=O)[C@H](CC(N)=O)NC(=O)[C@H](CO)NC(=O)[C@H](Cc1ccccc1)NC(=O)[C@@H](NC(=O)[C@@H](N)CO)C(C)C)C(=O)N[C@H](C(=O)N[C@@H](CCCNC(=N)N)C(=O)N[C@@H](CC(C)C)C(=O)N[C@@H](Cc1c[nH]cn1)C(=O)N[C@@H](CO)C(=O)O)[C@@H](C)CC. The zero-order valence-electron chi connectivity index (χ0n) is 70.2. The number of hydrogen-bond donors (Lipinski definition) is 29. The number of aromatic nitrogens is 2. The zero-order valence-corrected chi connectivity index (χ0v) is 70.2. The van der Waals surface area contributed by atoms with Crippen LogP contribution in [0, 0.1) is 34.5 Å². The maximum absolute atomic E-state index is 14.8. The Morgan fingerprint density at radius 1 is 0.423 bits per heavy atom. The zero-order chi connectivity index (χ0) is 93.1. The molecule has 34 N–H and O–H groups in total. The number of aliphatic hydroxyl groups excluding tert-OH is 3. The normalized spacial score (nSPS) is 15.2. The summed E-state index contributed by atoms with van der Waals surface area (Å²) in [6, 6.07) is -16.9. The number of guanidine groups is 2. The number of nitrogens with zero attached hydrogens (tertiary/aromatic N) is 1. The third-order valence-corrected chi connectivity index (χ3v) is 19.2. The minimum atomic E-state index is -2.06. The summed E-state index contributed by atoms with van der Waals surface area (Å²) in [7, 11) is 0. The van der Waals surface area contributed by atoms with Gasteiger partial charge in [-0.15, -0.1) is 0 Å². The quantitative estimate of drug-likeness (QED) is 0.0166. The fraction of sp³-hybridized carbons (Fsp3) is 0.613. The van der Waals surface area contributed by atoms with Gasteiger partial charge >= 0.3 is 11.9 Å². The van der Waals surface area contributed by atoms with Crippen molar-refractivity contribution < 1.29 is 112 Å². The average molecular weight is 1740 g/mol. The van der Waals surface area contributed by atoms with E-state index in [9.17, 15) is 112 Å². The van der Waals surface area contributed by atoms with Crippen LogP contribution < -0.4 is 114 Å². The Labute approximate surface area is 709 Å². The van der Waals surface area contributed by atoms with Gasteiger partial charge in [-0.2, -0.15) is 0 Å². The molecule has 0 aliphatic carbocycles. The number of carbonyl (C=O) groups is 18. The fourth-order valence-corrected chi connectivity index (χ4v) is 11.8. The molecule has 0 unspecified atom stereocenters. The second-order valence-electron chi connectivity index (χ2n) is 30.1. The van der Waals surface area contributed by atoms with Gasteiger partial charge in [0.05, 0.1) is 44.7 Å². The van der Waals surface area contributed by atoms with Gasteiger partial charge in [0, 0.05) is 38.5 Å². The fourth-order valence-electron chi connectivity index (χ4n) is 11.8. The van der Waals surface area contributed by atoms with E-state index < -0.39 is 272 Å². The number of carboxylic acid groups (broad SMARTS) is 2. The van der Waals surface area contributed by atoms with Crippen molar-refractivity contribution in [3.63, 3.8) is 0 Å². The Hall–Kier alpha value is -12.7. The number of benzene rings is 1. The number of amides is 16. The first-order valence-electron chi connectivity index (χ1n) is 39.8. The summed E-state index contributed by atoms with van der Waals surface area (Å²) >= 11 is 0. The van der Waals surface area contributed by atoms with Gasteiger partial charge in [-0.3, -0.25) is 92.3 Å². The van der Waals surface area contributed by atoms with Crippen LogP contribution in [0.2, 0.25) is 0 Å². The van der Waals surface area contributed by atoms with E-state index in [1.165, 1.54) is 19.4 Å². The number of rotatable bonds is 58. The van der Waals surface area contributed by atoms with E-state index in [2.05, 4.69) is 95.0 Å². The largest absolute Gasteiger partial charge is 0.481 e. The number of H-pyrrole nitrogens is 1. The number of nitrogens with one attached hydrogen (secondary N) is 19. The number of aromatic amines is 1. The van der Waals surface area contributed by atoms with Crippen LogP contribution in [0.1, 0.15) is 144 Å². The number of hydrogen-bond acceptors (Lipinski definition) is 25. The van der Waals surface area contributed by atoms with Gasteiger partial charge < -0.3 is 144 Å². The Kier molecular flexibility index (Phi) is 47.1. The van der Waals surface area contributed by atoms with Gasteiger partial charge in [0.15, 0.2) is 11.9 Å². The molecule has 48 heteroatoms. The van der Waals surface area contributed by atoms with E-state index in [0.29, 0.717) is 5.56 Å². The maximum Gasteiger partial charge on any atom is 0.328 e. The molecule has 0 spiro atoms. The highest BCUT2D eigenvalue weighted by molar-refractivity contribution is 6.02. The highest BCUT2D eigenvalue weighted by atomic mass is 16.4. The van der Waals surface area contributed by atoms with Crippen molar-refractivity contribution in [2.45, 2.75) is 236 Å². The van der Waals surface area contributed by atoms with Gasteiger partial charge in [-0.1, -0.05) is 98.6 Å². The molecule has 1 aromatic carbocycles. The van der Waals surface area contributed by atoms with E-state index in [0.717, 1.165) is 6.92 Å². The van der Waals surface area contributed by atoms with Gasteiger partial charge in [0.1, 0.15) is 90.6 Å². The number of imidazole rings is 1. The summed E-state index contributed by atoms with van der Waals surface area (Å²) < 4.78 is 0. The van der Waals surface area contributed by atoms with Gasteiger partial charge in [-0.25, -0.2) is 9.78 Å². The molecule has 48 nitrogen and oxygen atoms in total. The van der Waals surface area contributed by atoms with Crippen molar-refractivity contribution in [3.05, 3.63) is 54.1 Å². The first-order chi connectivity index (χ1) is 57.8. The van der Waals surface area contributed by atoms with Crippen LogP contribution in [0.3, 0.4) is 0 Å². The Bertz CT molecular complexity index is 3930. The number of carbonyl (C=O) groups excluding carboxylic acids is 16. The molecular weight excluding hydrogens is 1620 g/mol. The van der Waals surface area contributed by atoms with E-state index in [1.807, 2.05) is 0 Å². The van der Waals surface area contributed by atoms with E-state index in [1.54, 1.807) is 78.8 Å². The lowest BCUT2D eigenvalue weighted by Gasteiger charge is -2.31. The number of aliphatic carboxylic acids is 2.